The summed E-state index contributed by atoms with van der Waals surface area (Å²) in [6.45, 7) is 4.05. The maximum absolute atomic E-state index is 3.55. The van der Waals surface area contributed by atoms with Crippen molar-refractivity contribution in [1.29, 1.82) is 0 Å². The summed E-state index contributed by atoms with van der Waals surface area (Å²) in [6.07, 6.45) is 0. The fraction of sp³-hybridized carbons (Fsp3) is 0.250. The summed E-state index contributed by atoms with van der Waals surface area (Å²) in [6, 6.07) is 17.1. The molecule has 0 heterocycles. The third kappa shape index (κ3) is 4.68. The van der Waals surface area contributed by atoms with Crippen LogP contribution in [0.3, 0.4) is 0 Å². The van der Waals surface area contributed by atoms with Gasteiger partial charge in [0.05, 0.1) is 0 Å². The third-order valence-corrected chi connectivity index (χ3v) is 4.51. The maximum atomic E-state index is 3.55. The van der Waals surface area contributed by atoms with E-state index in [4.69, 9.17) is 0 Å². The van der Waals surface area contributed by atoms with Crippen LogP contribution in [-0.4, -0.2) is 6.54 Å². The molecule has 2 rings (SSSR count). The average molecular weight is 336 g/mol. The smallest absolute Gasteiger partial charge is 0.0232 e. The van der Waals surface area contributed by atoms with Gasteiger partial charge in [-0.05, 0) is 35.9 Å². The molecule has 0 atom stereocenters. The van der Waals surface area contributed by atoms with Crippen LogP contribution < -0.4 is 5.32 Å². The third-order valence-electron chi connectivity index (χ3n) is 2.83. The number of thioether (sulfide) groups is 1. The van der Waals surface area contributed by atoms with Crippen LogP contribution in [0.25, 0.3) is 0 Å². The summed E-state index contributed by atoms with van der Waals surface area (Å²) < 4.78 is 1.14. The molecule has 0 aromatic heterocycles. The van der Waals surface area contributed by atoms with Crippen LogP contribution >= 0.6 is 27.7 Å². The van der Waals surface area contributed by atoms with Crippen molar-refractivity contribution in [1.82, 2.24) is 5.32 Å². The van der Waals surface area contributed by atoms with Crippen LogP contribution in [0.1, 0.15) is 18.1 Å². The van der Waals surface area contributed by atoms with Crippen LogP contribution in [0, 0.1) is 0 Å². The first-order chi connectivity index (χ1) is 9.29. The Bertz CT molecular complexity index is 513. The Morgan fingerprint density at radius 1 is 1.11 bits per heavy atom. The van der Waals surface area contributed by atoms with Crippen LogP contribution in [0.15, 0.2) is 57.9 Å². The van der Waals surface area contributed by atoms with Crippen molar-refractivity contribution < 1.29 is 0 Å². The van der Waals surface area contributed by atoms with E-state index in [9.17, 15) is 0 Å². The molecule has 0 bridgehead atoms. The van der Waals surface area contributed by atoms with E-state index in [1.165, 1.54) is 16.0 Å². The van der Waals surface area contributed by atoms with E-state index >= 15 is 0 Å². The number of nitrogens with one attached hydrogen (secondary N) is 1. The van der Waals surface area contributed by atoms with Crippen molar-refractivity contribution in [3.63, 3.8) is 0 Å². The minimum atomic E-state index is 0.924. The van der Waals surface area contributed by atoms with E-state index in [1.54, 1.807) is 0 Å². The van der Waals surface area contributed by atoms with Gasteiger partial charge < -0.3 is 5.32 Å². The maximum Gasteiger partial charge on any atom is 0.0232 e. The first-order valence-corrected chi connectivity index (χ1v) is 8.23. The van der Waals surface area contributed by atoms with E-state index in [-0.39, 0.29) is 0 Å². The predicted molar refractivity (Wildman–Crippen MR) is 87.5 cm³/mol. The van der Waals surface area contributed by atoms with Gasteiger partial charge in [0.1, 0.15) is 0 Å². The van der Waals surface area contributed by atoms with Gasteiger partial charge in [0.15, 0.2) is 0 Å². The minimum Gasteiger partial charge on any atom is -0.313 e. The molecule has 0 radical (unpaired) electrons. The first-order valence-electron chi connectivity index (χ1n) is 6.45. The van der Waals surface area contributed by atoms with Gasteiger partial charge in [-0.15, -0.1) is 11.8 Å². The summed E-state index contributed by atoms with van der Waals surface area (Å²) >= 11 is 5.45. The standard InChI is InChI=1S/C16H18BrNS/c1-2-18-11-14-10-15(17)8-9-16(14)19-12-13-6-4-3-5-7-13/h3-10,18H,2,11-12H2,1H3. The molecular formula is C16H18BrNS. The molecule has 1 N–H and O–H groups in total. The van der Waals surface area contributed by atoms with Crippen molar-refractivity contribution in [3.8, 4) is 0 Å². The Hall–Kier alpha value is -0.770. The summed E-state index contributed by atoms with van der Waals surface area (Å²) in [5.74, 6) is 1.02. The Labute approximate surface area is 127 Å². The van der Waals surface area contributed by atoms with Gasteiger partial charge in [-0.1, -0.05) is 53.2 Å². The lowest BCUT2D eigenvalue weighted by molar-refractivity contribution is 0.717. The molecule has 0 aliphatic rings. The quantitative estimate of drug-likeness (QED) is 0.757. The zero-order valence-corrected chi connectivity index (χ0v) is 13.4. The van der Waals surface area contributed by atoms with Crippen molar-refractivity contribution in [2.24, 2.45) is 0 Å². The van der Waals surface area contributed by atoms with E-state index in [0.717, 1.165) is 23.3 Å². The Morgan fingerprint density at radius 2 is 1.89 bits per heavy atom. The largest absolute Gasteiger partial charge is 0.313 e. The molecule has 100 valence electrons. The fourth-order valence-electron chi connectivity index (χ4n) is 1.82. The molecule has 0 saturated heterocycles. The molecule has 1 nitrogen and oxygen atoms in total. The highest BCUT2D eigenvalue weighted by atomic mass is 79.9. The number of rotatable bonds is 6. The van der Waals surface area contributed by atoms with E-state index in [0.29, 0.717) is 0 Å². The SMILES string of the molecule is CCNCc1cc(Br)ccc1SCc1ccccc1. The lowest BCUT2D eigenvalue weighted by Crippen LogP contribution is -2.12. The van der Waals surface area contributed by atoms with Gasteiger partial charge in [-0.2, -0.15) is 0 Å². The number of halogens is 1. The van der Waals surface area contributed by atoms with Crippen molar-refractivity contribution in [2.45, 2.75) is 24.1 Å². The summed E-state index contributed by atoms with van der Waals surface area (Å²) in [5, 5.41) is 3.40. The van der Waals surface area contributed by atoms with Crippen LogP contribution in [0.5, 0.6) is 0 Å². The Balaban J connectivity index is 2.06. The predicted octanol–water partition coefficient (Wildman–Crippen LogP) is 4.85. The molecule has 0 unspecified atom stereocenters. The second-order valence-corrected chi connectivity index (χ2v) is 6.24. The van der Waals surface area contributed by atoms with Crippen LogP contribution in [-0.2, 0) is 12.3 Å². The minimum absolute atomic E-state index is 0.924. The molecule has 0 amide bonds. The molecule has 19 heavy (non-hydrogen) atoms. The van der Waals surface area contributed by atoms with Gasteiger partial charge in [-0.3, -0.25) is 0 Å². The molecule has 0 spiro atoms. The molecule has 2 aromatic rings. The molecule has 0 aliphatic carbocycles. The highest BCUT2D eigenvalue weighted by Gasteiger charge is 2.04. The summed E-state index contributed by atoms with van der Waals surface area (Å²) in [7, 11) is 0. The molecule has 0 aliphatic heterocycles. The zero-order chi connectivity index (χ0) is 13.5. The normalized spacial score (nSPS) is 10.6. The molecular weight excluding hydrogens is 318 g/mol. The van der Waals surface area contributed by atoms with E-state index in [1.807, 2.05) is 11.8 Å². The number of benzene rings is 2. The Kier molecular flexibility index (Phi) is 5.95. The second kappa shape index (κ2) is 7.73. The molecule has 3 heteroatoms. The second-order valence-electron chi connectivity index (χ2n) is 4.31. The van der Waals surface area contributed by atoms with Gasteiger partial charge in [0.25, 0.3) is 0 Å². The lowest BCUT2D eigenvalue weighted by atomic mass is 10.2. The van der Waals surface area contributed by atoms with Gasteiger partial charge in [-0.25, -0.2) is 0 Å². The topological polar surface area (TPSA) is 12.0 Å². The number of hydrogen-bond acceptors (Lipinski definition) is 2. The van der Waals surface area contributed by atoms with E-state index in [2.05, 4.69) is 76.7 Å². The van der Waals surface area contributed by atoms with Crippen LogP contribution in [0.2, 0.25) is 0 Å². The Morgan fingerprint density at radius 3 is 2.63 bits per heavy atom. The van der Waals surface area contributed by atoms with Gasteiger partial charge >= 0.3 is 0 Å². The molecule has 0 fully saturated rings. The van der Waals surface area contributed by atoms with E-state index < -0.39 is 0 Å². The van der Waals surface area contributed by atoms with Crippen molar-refractivity contribution in [2.75, 3.05) is 6.54 Å². The number of hydrogen-bond donors (Lipinski definition) is 1. The fourth-order valence-corrected chi connectivity index (χ4v) is 3.23. The first kappa shape index (κ1) is 14.6. The van der Waals surface area contributed by atoms with Gasteiger partial charge in [0.2, 0.25) is 0 Å². The summed E-state index contributed by atoms with van der Waals surface area (Å²) in [4.78, 5) is 1.35. The van der Waals surface area contributed by atoms with Crippen LogP contribution in [0.4, 0.5) is 0 Å². The highest BCUT2D eigenvalue weighted by molar-refractivity contribution is 9.10. The molecule has 0 saturated carbocycles. The van der Waals surface area contributed by atoms with Crippen molar-refractivity contribution in [3.05, 3.63) is 64.1 Å². The highest BCUT2D eigenvalue weighted by Crippen LogP contribution is 2.28. The molecule has 2 aromatic carbocycles. The van der Waals surface area contributed by atoms with Gasteiger partial charge in [0, 0.05) is 21.7 Å². The average Bonchev–Trinajstić information content (AvgIpc) is 2.45. The lowest BCUT2D eigenvalue weighted by Gasteiger charge is -2.10. The summed E-state index contributed by atoms with van der Waals surface area (Å²) in [5.41, 5.74) is 2.72. The monoisotopic (exact) mass is 335 g/mol. The van der Waals surface area contributed by atoms with Crippen molar-refractivity contribution >= 4 is 27.7 Å². The zero-order valence-electron chi connectivity index (χ0n) is 11.0.